The minimum atomic E-state index is -0.538. The van der Waals surface area contributed by atoms with Crippen LogP contribution >= 0.6 is 0 Å². The molecule has 0 N–H and O–H groups in total. The fourth-order valence-corrected chi connectivity index (χ4v) is 3.35. The second kappa shape index (κ2) is 5.40. The van der Waals surface area contributed by atoms with Gasteiger partial charge < -0.3 is 4.74 Å². The van der Waals surface area contributed by atoms with E-state index in [9.17, 15) is 8.78 Å². The predicted molar refractivity (Wildman–Crippen MR) is 73.9 cm³/mol. The summed E-state index contributed by atoms with van der Waals surface area (Å²) >= 11 is 0. The van der Waals surface area contributed by atoms with E-state index >= 15 is 0 Å². The van der Waals surface area contributed by atoms with E-state index in [2.05, 4.69) is 15.2 Å². The Balaban J connectivity index is 1.52. The van der Waals surface area contributed by atoms with E-state index in [1.807, 2.05) is 4.68 Å². The van der Waals surface area contributed by atoms with Gasteiger partial charge in [-0.15, -0.1) is 5.10 Å². The molecule has 2 aliphatic heterocycles. The molecule has 0 bridgehead atoms. The maximum Gasteiger partial charge on any atom is 0.126 e. The third-order valence-corrected chi connectivity index (χ3v) is 4.34. The number of likely N-dealkylation sites (tertiary alicyclic amines) is 1. The Kier molecular flexibility index (Phi) is 3.38. The molecule has 3 heterocycles. The molecule has 1 aromatic heterocycles. The standard InChI is InChI=1S/C15H16F2N4O/c16-11-3-10(4-12(17)5-11)7-20-2-1-15-14(8-20)21-13(9-22-15)6-18-19-21/h3-6,14-15H,1-2,7-9H2/t14-,15+/m0/s1. The SMILES string of the molecule is Fc1cc(F)cc(CN2CC[C@H]3OCc4cnnn4[C@H]3C2)c1. The van der Waals surface area contributed by atoms with Crippen molar-refractivity contribution in [3.63, 3.8) is 0 Å². The van der Waals surface area contributed by atoms with Gasteiger partial charge in [0.2, 0.25) is 0 Å². The van der Waals surface area contributed by atoms with E-state index in [0.29, 0.717) is 18.7 Å². The van der Waals surface area contributed by atoms with Gasteiger partial charge in [0.1, 0.15) is 11.6 Å². The van der Waals surface area contributed by atoms with E-state index < -0.39 is 11.6 Å². The summed E-state index contributed by atoms with van der Waals surface area (Å²) in [5.41, 5.74) is 1.62. The maximum absolute atomic E-state index is 13.3. The van der Waals surface area contributed by atoms with Crippen molar-refractivity contribution in [3.05, 3.63) is 47.3 Å². The fraction of sp³-hybridized carbons (Fsp3) is 0.467. The summed E-state index contributed by atoms with van der Waals surface area (Å²) in [5.74, 6) is -1.08. The number of ether oxygens (including phenoxy) is 1. The van der Waals surface area contributed by atoms with Gasteiger partial charge in [-0.1, -0.05) is 5.21 Å². The summed E-state index contributed by atoms with van der Waals surface area (Å²) in [4.78, 5) is 2.18. The van der Waals surface area contributed by atoms with E-state index in [1.54, 1.807) is 6.20 Å². The third-order valence-electron chi connectivity index (χ3n) is 4.34. The number of nitrogens with zero attached hydrogens (tertiary/aromatic N) is 4. The van der Waals surface area contributed by atoms with E-state index in [1.165, 1.54) is 12.1 Å². The van der Waals surface area contributed by atoms with Gasteiger partial charge in [-0.3, -0.25) is 4.90 Å². The summed E-state index contributed by atoms with van der Waals surface area (Å²) in [7, 11) is 0. The minimum absolute atomic E-state index is 0.110. The lowest BCUT2D eigenvalue weighted by molar-refractivity contribution is -0.0669. The van der Waals surface area contributed by atoms with Gasteiger partial charge in [0.05, 0.1) is 30.6 Å². The Morgan fingerprint density at radius 1 is 1.23 bits per heavy atom. The molecule has 2 aromatic rings. The first-order valence-electron chi connectivity index (χ1n) is 7.37. The summed E-state index contributed by atoms with van der Waals surface area (Å²) in [5, 5.41) is 8.09. The molecule has 0 unspecified atom stereocenters. The smallest absolute Gasteiger partial charge is 0.126 e. The molecule has 0 spiro atoms. The second-order valence-electron chi connectivity index (χ2n) is 5.89. The quantitative estimate of drug-likeness (QED) is 0.850. The van der Waals surface area contributed by atoms with Crippen molar-refractivity contribution < 1.29 is 13.5 Å². The topological polar surface area (TPSA) is 43.2 Å². The zero-order valence-corrected chi connectivity index (χ0v) is 12.0. The number of halogens is 2. The highest BCUT2D eigenvalue weighted by Gasteiger charge is 2.36. The molecule has 0 radical (unpaired) electrons. The first-order chi connectivity index (χ1) is 10.7. The molecular weight excluding hydrogens is 290 g/mol. The van der Waals surface area contributed by atoms with Crippen molar-refractivity contribution in [2.45, 2.75) is 31.7 Å². The normalized spacial score (nSPS) is 24.8. The van der Waals surface area contributed by atoms with Crippen LogP contribution in [-0.2, 0) is 17.9 Å². The van der Waals surface area contributed by atoms with Crippen LogP contribution in [0.3, 0.4) is 0 Å². The van der Waals surface area contributed by atoms with Crippen LogP contribution < -0.4 is 0 Å². The highest BCUT2D eigenvalue weighted by Crippen LogP contribution is 2.30. The number of aromatic nitrogens is 3. The van der Waals surface area contributed by atoms with Gasteiger partial charge in [0.15, 0.2) is 0 Å². The lowest BCUT2D eigenvalue weighted by Gasteiger charge is -2.41. The Morgan fingerprint density at radius 2 is 2.05 bits per heavy atom. The summed E-state index contributed by atoms with van der Waals surface area (Å²) < 4.78 is 34.4. The number of piperidine rings is 1. The van der Waals surface area contributed by atoms with Crippen LogP contribution in [0.15, 0.2) is 24.4 Å². The van der Waals surface area contributed by atoms with E-state index in [0.717, 1.165) is 31.3 Å². The lowest BCUT2D eigenvalue weighted by atomic mass is 10.00. The highest BCUT2D eigenvalue weighted by molar-refractivity contribution is 5.18. The molecule has 0 amide bonds. The number of benzene rings is 1. The summed E-state index contributed by atoms with van der Waals surface area (Å²) in [6.45, 7) is 2.63. The molecule has 22 heavy (non-hydrogen) atoms. The van der Waals surface area contributed by atoms with Crippen LogP contribution in [-0.4, -0.2) is 39.1 Å². The van der Waals surface area contributed by atoms with Crippen LogP contribution in [0.2, 0.25) is 0 Å². The number of hydrogen-bond donors (Lipinski definition) is 0. The molecule has 0 aliphatic carbocycles. The molecular formula is C15H16F2N4O. The first-order valence-corrected chi connectivity index (χ1v) is 7.37. The van der Waals surface area contributed by atoms with Gasteiger partial charge in [0, 0.05) is 25.7 Å². The van der Waals surface area contributed by atoms with Crippen molar-refractivity contribution in [2.75, 3.05) is 13.1 Å². The Morgan fingerprint density at radius 3 is 2.86 bits per heavy atom. The van der Waals surface area contributed by atoms with Gasteiger partial charge in [-0.2, -0.15) is 0 Å². The molecule has 2 aliphatic rings. The molecule has 4 rings (SSSR count). The van der Waals surface area contributed by atoms with Gasteiger partial charge >= 0.3 is 0 Å². The van der Waals surface area contributed by atoms with Crippen molar-refractivity contribution in [2.24, 2.45) is 0 Å². The van der Waals surface area contributed by atoms with Crippen molar-refractivity contribution in [1.29, 1.82) is 0 Å². The molecule has 1 fully saturated rings. The second-order valence-corrected chi connectivity index (χ2v) is 5.89. The van der Waals surface area contributed by atoms with Crippen LogP contribution in [0.4, 0.5) is 8.78 Å². The molecule has 7 heteroatoms. The molecule has 0 saturated carbocycles. The molecule has 1 saturated heterocycles. The van der Waals surface area contributed by atoms with Crippen LogP contribution in [0.5, 0.6) is 0 Å². The zero-order chi connectivity index (χ0) is 15.1. The van der Waals surface area contributed by atoms with Crippen LogP contribution in [0.1, 0.15) is 23.7 Å². The average Bonchev–Trinajstić information content (AvgIpc) is 2.95. The van der Waals surface area contributed by atoms with Crippen LogP contribution in [0.25, 0.3) is 0 Å². The molecule has 2 atom stereocenters. The maximum atomic E-state index is 13.3. The van der Waals surface area contributed by atoms with Gasteiger partial charge in [-0.05, 0) is 24.1 Å². The lowest BCUT2D eigenvalue weighted by Crippen LogP contribution is -2.47. The monoisotopic (exact) mass is 306 g/mol. The van der Waals surface area contributed by atoms with Crippen molar-refractivity contribution in [1.82, 2.24) is 19.9 Å². The van der Waals surface area contributed by atoms with Crippen molar-refractivity contribution >= 4 is 0 Å². The number of fused-ring (bicyclic) bond motifs is 3. The summed E-state index contributed by atoms with van der Waals surface area (Å²) in [6.07, 6.45) is 2.73. The Labute approximate surface area is 126 Å². The summed E-state index contributed by atoms with van der Waals surface area (Å²) in [6, 6.07) is 3.77. The first kappa shape index (κ1) is 13.8. The van der Waals surface area contributed by atoms with Crippen LogP contribution in [0, 0.1) is 11.6 Å². The molecule has 116 valence electrons. The molecule has 1 aromatic carbocycles. The highest BCUT2D eigenvalue weighted by atomic mass is 19.1. The third kappa shape index (κ3) is 2.50. The van der Waals surface area contributed by atoms with Gasteiger partial charge in [0.25, 0.3) is 0 Å². The minimum Gasteiger partial charge on any atom is -0.370 e. The zero-order valence-electron chi connectivity index (χ0n) is 12.0. The number of rotatable bonds is 2. The average molecular weight is 306 g/mol. The van der Waals surface area contributed by atoms with Crippen molar-refractivity contribution in [3.8, 4) is 0 Å². The fourth-order valence-electron chi connectivity index (χ4n) is 3.35. The van der Waals surface area contributed by atoms with Gasteiger partial charge in [-0.25, -0.2) is 13.5 Å². The Hall–Kier alpha value is -1.86. The van der Waals surface area contributed by atoms with E-state index in [4.69, 9.17) is 4.74 Å². The predicted octanol–water partition coefficient (Wildman–Crippen LogP) is 1.90. The Bertz CT molecular complexity index is 670. The molecule has 5 nitrogen and oxygen atoms in total. The van der Waals surface area contributed by atoms with E-state index in [-0.39, 0.29) is 12.1 Å². The largest absolute Gasteiger partial charge is 0.370 e. The number of hydrogen-bond acceptors (Lipinski definition) is 4.